The van der Waals surface area contributed by atoms with Crippen molar-refractivity contribution >= 4 is 11.8 Å². The summed E-state index contributed by atoms with van der Waals surface area (Å²) in [7, 11) is 0. The van der Waals surface area contributed by atoms with Crippen LogP contribution in [-0.2, 0) is 6.54 Å². The molecule has 23 heavy (non-hydrogen) atoms. The van der Waals surface area contributed by atoms with Gasteiger partial charge in [0.15, 0.2) is 5.16 Å². The van der Waals surface area contributed by atoms with E-state index in [0.717, 1.165) is 29.7 Å². The minimum Gasteiger partial charge on any atom is -0.331 e. The summed E-state index contributed by atoms with van der Waals surface area (Å²) in [6.45, 7) is 3.70. The number of fused-ring (bicyclic) bond motifs is 1. The van der Waals surface area contributed by atoms with Gasteiger partial charge in [0.2, 0.25) is 0 Å². The van der Waals surface area contributed by atoms with Gasteiger partial charge in [-0.25, -0.2) is 4.98 Å². The summed E-state index contributed by atoms with van der Waals surface area (Å²) in [5, 5.41) is 1.14. The number of hydrogen-bond donors (Lipinski definition) is 1. The molecule has 0 radical (unpaired) electrons. The van der Waals surface area contributed by atoms with Gasteiger partial charge in [-0.2, -0.15) is 0 Å². The highest BCUT2D eigenvalue weighted by atomic mass is 32.2. The molecule has 3 nitrogen and oxygen atoms in total. The molecular weight excluding hydrogens is 302 g/mol. The Morgan fingerprint density at radius 2 is 1.57 bits per heavy atom. The van der Waals surface area contributed by atoms with Crippen LogP contribution in [0.2, 0.25) is 0 Å². The van der Waals surface area contributed by atoms with Gasteiger partial charge in [0.05, 0.1) is 11.4 Å². The highest BCUT2D eigenvalue weighted by molar-refractivity contribution is 7.99. The summed E-state index contributed by atoms with van der Waals surface area (Å²) in [4.78, 5) is 4.86. The zero-order valence-corrected chi connectivity index (χ0v) is 14.1. The van der Waals surface area contributed by atoms with E-state index in [9.17, 15) is 0 Å². The van der Waals surface area contributed by atoms with Gasteiger partial charge in [0.25, 0.3) is 0 Å². The van der Waals surface area contributed by atoms with Crippen LogP contribution in [0.4, 0.5) is 0 Å². The first-order valence-corrected chi connectivity index (χ1v) is 8.88. The lowest BCUT2D eigenvalue weighted by molar-refractivity contribution is 0.726. The smallest absolute Gasteiger partial charge is 0.169 e. The fourth-order valence-corrected chi connectivity index (χ4v) is 3.61. The Morgan fingerprint density at radius 1 is 1.00 bits per heavy atom. The van der Waals surface area contributed by atoms with Crippen molar-refractivity contribution in [1.29, 1.82) is 0 Å². The molecule has 0 aliphatic carbocycles. The average Bonchev–Trinajstić information content (AvgIpc) is 3.18. The number of thioether (sulfide) groups is 1. The van der Waals surface area contributed by atoms with E-state index in [-0.39, 0.29) is 0 Å². The molecule has 0 spiro atoms. The van der Waals surface area contributed by atoms with Gasteiger partial charge in [-0.05, 0) is 6.54 Å². The number of hydrogen-bond acceptors (Lipinski definition) is 3. The van der Waals surface area contributed by atoms with Gasteiger partial charge in [-0.15, -0.1) is 0 Å². The molecule has 118 valence electrons. The Labute approximate surface area is 141 Å². The first kappa shape index (κ1) is 15.8. The first-order valence-electron chi connectivity index (χ1n) is 7.89. The van der Waals surface area contributed by atoms with Gasteiger partial charge < -0.3 is 10.3 Å². The van der Waals surface area contributed by atoms with Crippen LogP contribution in [0.5, 0.6) is 0 Å². The number of nitrogens with zero attached hydrogens (tertiary/aromatic N) is 2. The second-order valence-corrected chi connectivity index (χ2v) is 6.29. The average molecular weight is 323 g/mol. The fourth-order valence-electron chi connectivity index (χ4n) is 2.66. The molecule has 0 unspecified atom stereocenters. The maximum atomic E-state index is 4.86. The largest absolute Gasteiger partial charge is 0.331 e. The number of nitrogens with two attached hydrogens (primary N) is 1. The predicted octanol–water partition coefficient (Wildman–Crippen LogP) is 4.29. The summed E-state index contributed by atoms with van der Waals surface area (Å²) in [5.41, 5.74) is 9.62. The Balaban J connectivity index is 0.000000485. The second kappa shape index (κ2) is 7.49. The van der Waals surface area contributed by atoms with Crippen molar-refractivity contribution in [3.63, 3.8) is 0 Å². The highest BCUT2D eigenvalue weighted by Gasteiger charge is 2.23. The normalized spacial score (nSPS) is 12.4. The van der Waals surface area contributed by atoms with Gasteiger partial charge in [-0.3, -0.25) is 0 Å². The molecule has 2 heterocycles. The molecule has 0 fully saturated rings. The Morgan fingerprint density at radius 3 is 2.17 bits per heavy atom. The van der Waals surface area contributed by atoms with Crippen LogP contribution in [0.3, 0.4) is 0 Å². The Hall–Kier alpha value is -2.04. The molecule has 4 heteroatoms. The van der Waals surface area contributed by atoms with Crippen LogP contribution in [0.25, 0.3) is 22.5 Å². The van der Waals surface area contributed by atoms with Gasteiger partial charge >= 0.3 is 0 Å². The van der Waals surface area contributed by atoms with Crippen molar-refractivity contribution < 1.29 is 0 Å². The van der Waals surface area contributed by atoms with Crippen LogP contribution in [0.1, 0.15) is 6.92 Å². The van der Waals surface area contributed by atoms with E-state index in [2.05, 4.69) is 59.2 Å². The lowest BCUT2D eigenvalue weighted by atomic mass is 10.0. The van der Waals surface area contributed by atoms with Crippen molar-refractivity contribution in [3.05, 3.63) is 60.7 Å². The molecular formula is C19H21N3S. The molecule has 1 aliphatic rings. The van der Waals surface area contributed by atoms with E-state index in [1.807, 2.05) is 24.8 Å². The SMILES string of the molecule is CCN.c1ccc(-c2nc3n(c2-c2ccccc2)CCS3)cc1. The third-order valence-electron chi connectivity index (χ3n) is 3.57. The summed E-state index contributed by atoms with van der Waals surface area (Å²) < 4.78 is 2.35. The molecule has 2 N–H and O–H groups in total. The van der Waals surface area contributed by atoms with Gasteiger partial charge in [0.1, 0.15) is 0 Å². The standard InChI is InChI=1S/C17H14N2S.C2H7N/c1-3-7-13(8-4-1)15-16(14-9-5-2-6-10-14)19-11-12-20-17(19)18-15;1-2-3/h1-10H,11-12H2;2-3H2,1H3. The molecule has 0 amide bonds. The molecule has 0 bridgehead atoms. The van der Waals surface area contributed by atoms with Crippen LogP contribution < -0.4 is 5.73 Å². The van der Waals surface area contributed by atoms with E-state index in [1.165, 1.54) is 16.8 Å². The lowest BCUT2D eigenvalue weighted by Gasteiger charge is -2.08. The predicted molar refractivity (Wildman–Crippen MR) is 98.6 cm³/mol. The minimum absolute atomic E-state index is 0.750. The Bertz CT molecular complexity index is 751. The Kier molecular flexibility index (Phi) is 5.16. The van der Waals surface area contributed by atoms with Crippen molar-refractivity contribution in [3.8, 4) is 22.5 Å². The van der Waals surface area contributed by atoms with E-state index in [1.54, 1.807) is 0 Å². The van der Waals surface area contributed by atoms with E-state index in [0.29, 0.717) is 0 Å². The van der Waals surface area contributed by atoms with E-state index in [4.69, 9.17) is 10.7 Å². The van der Waals surface area contributed by atoms with E-state index < -0.39 is 0 Å². The van der Waals surface area contributed by atoms with Crippen LogP contribution in [0, 0.1) is 0 Å². The first-order chi connectivity index (χ1) is 11.3. The van der Waals surface area contributed by atoms with Gasteiger partial charge in [0, 0.05) is 23.4 Å². The van der Waals surface area contributed by atoms with Crippen LogP contribution >= 0.6 is 11.8 Å². The quantitative estimate of drug-likeness (QED) is 0.765. The summed E-state index contributed by atoms with van der Waals surface area (Å²) in [6, 6.07) is 21.0. The van der Waals surface area contributed by atoms with Crippen molar-refractivity contribution in [2.45, 2.75) is 18.6 Å². The second-order valence-electron chi connectivity index (χ2n) is 5.23. The molecule has 1 aliphatic heterocycles. The number of rotatable bonds is 2. The van der Waals surface area contributed by atoms with Crippen molar-refractivity contribution in [2.24, 2.45) is 5.73 Å². The number of imidazole rings is 1. The topological polar surface area (TPSA) is 43.8 Å². The van der Waals surface area contributed by atoms with Crippen molar-refractivity contribution in [1.82, 2.24) is 9.55 Å². The molecule has 0 saturated heterocycles. The zero-order valence-electron chi connectivity index (χ0n) is 13.3. The van der Waals surface area contributed by atoms with Gasteiger partial charge in [-0.1, -0.05) is 79.3 Å². The summed E-state index contributed by atoms with van der Waals surface area (Å²) in [5.74, 6) is 1.12. The summed E-state index contributed by atoms with van der Waals surface area (Å²) >= 11 is 1.84. The third kappa shape index (κ3) is 3.33. The van der Waals surface area contributed by atoms with E-state index >= 15 is 0 Å². The minimum atomic E-state index is 0.750. The lowest BCUT2D eigenvalue weighted by Crippen LogP contribution is -1.97. The maximum Gasteiger partial charge on any atom is 0.169 e. The summed E-state index contributed by atoms with van der Waals surface area (Å²) in [6.07, 6.45) is 0. The molecule has 3 aromatic rings. The van der Waals surface area contributed by atoms with Crippen LogP contribution in [-0.4, -0.2) is 21.8 Å². The highest BCUT2D eigenvalue weighted by Crippen LogP contribution is 2.38. The fraction of sp³-hybridized carbons (Fsp3) is 0.211. The number of benzene rings is 2. The van der Waals surface area contributed by atoms with Crippen LogP contribution in [0.15, 0.2) is 65.8 Å². The third-order valence-corrected chi connectivity index (χ3v) is 4.53. The molecule has 0 saturated carbocycles. The molecule has 4 rings (SSSR count). The molecule has 1 aromatic heterocycles. The molecule has 0 atom stereocenters. The number of aromatic nitrogens is 2. The molecule has 2 aromatic carbocycles. The van der Waals surface area contributed by atoms with Crippen molar-refractivity contribution in [2.75, 3.05) is 12.3 Å². The monoisotopic (exact) mass is 323 g/mol. The zero-order chi connectivity index (χ0) is 16.1. The maximum absolute atomic E-state index is 4.86.